The van der Waals surface area contributed by atoms with Gasteiger partial charge >= 0.3 is 0 Å². The first kappa shape index (κ1) is 21.0. The summed E-state index contributed by atoms with van der Waals surface area (Å²) in [5.74, 6) is 10.4. The Morgan fingerprint density at radius 1 is 0.833 bits per heavy atom. The van der Waals surface area contributed by atoms with E-state index in [0.29, 0.717) is 0 Å². The third-order valence-electron chi connectivity index (χ3n) is 7.62. The van der Waals surface area contributed by atoms with Gasteiger partial charge in [0, 0.05) is 11.1 Å². The van der Waals surface area contributed by atoms with Gasteiger partial charge < -0.3 is 0 Å². The van der Waals surface area contributed by atoms with Crippen LogP contribution in [0.1, 0.15) is 86.5 Å². The van der Waals surface area contributed by atoms with Crippen molar-refractivity contribution in [3.05, 3.63) is 83.4 Å². The second-order valence-corrected chi connectivity index (χ2v) is 9.51. The van der Waals surface area contributed by atoms with Crippen LogP contribution in [0.2, 0.25) is 0 Å². The van der Waals surface area contributed by atoms with E-state index < -0.39 is 0 Å². The van der Waals surface area contributed by atoms with Crippen LogP contribution >= 0.6 is 0 Å². The van der Waals surface area contributed by atoms with Gasteiger partial charge in [-0.2, -0.15) is 0 Å². The van der Waals surface area contributed by atoms with Crippen LogP contribution in [0.3, 0.4) is 0 Å². The summed E-state index contributed by atoms with van der Waals surface area (Å²) in [6, 6.07) is 17.7. The topological polar surface area (TPSA) is 0 Å². The molecule has 30 heavy (non-hydrogen) atoms. The molecule has 0 spiro atoms. The Kier molecular flexibility index (Phi) is 7.11. The molecule has 2 aromatic carbocycles. The standard InChI is InChI=1S/C30H36/c1-3-5-6-24-7-9-25(10-8-24)11-12-26-14-16-27(17-15-26)29-20-19-28-21-23(4-2)13-18-30(28)22-29/h3,7-10,14-17,23,28-30H,1,4-6,13,18-22H2,2H3. The molecule has 0 amide bonds. The highest BCUT2D eigenvalue weighted by atomic mass is 14.4. The van der Waals surface area contributed by atoms with Gasteiger partial charge in [-0.1, -0.05) is 61.9 Å². The largest absolute Gasteiger partial charge is 0.103 e. The van der Waals surface area contributed by atoms with Crippen molar-refractivity contribution in [3.8, 4) is 11.8 Å². The lowest BCUT2D eigenvalue weighted by Crippen LogP contribution is -2.30. The molecule has 0 aliphatic heterocycles. The highest BCUT2D eigenvalue weighted by molar-refractivity contribution is 5.44. The van der Waals surface area contributed by atoms with Crippen molar-refractivity contribution in [1.82, 2.24) is 0 Å². The van der Waals surface area contributed by atoms with Gasteiger partial charge in [0.25, 0.3) is 0 Å². The lowest BCUT2D eigenvalue weighted by atomic mass is 9.63. The minimum Gasteiger partial charge on any atom is -0.103 e. The molecule has 0 heteroatoms. The molecule has 2 aliphatic carbocycles. The van der Waals surface area contributed by atoms with Gasteiger partial charge in [-0.05, 0) is 104 Å². The summed E-state index contributed by atoms with van der Waals surface area (Å²) in [6.07, 6.45) is 14.1. The van der Waals surface area contributed by atoms with Gasteiger partial charge in [-0.15, -0.1) is 6.58 Å². The number of benzene rings is 2. The van der Waals surface area contributed by atoms with Crippen LogP contribution in [0.15, 0.2) is 61.2 Å². The number of hydrogen-bond donors (Lipinski definition) is 0. The first-order valence-corrected chi connectivity index (χ1v) is 12.1. The summed E-state index contributed by atoms with van der Waals surface area (Å²) in [6.45, 7) is 6.17. The van der Waals surface area contributed by atoms with Gasteiger partial charge in [0.15, 0.2) is 0 Å². The zero-order valence-corrected chi connectivity index (χ0v) is 18.6. The van der Waals surface area contributed by atoms with Crippen LogP contribution < -0.4 is 0 Å². The molecule has 4 unspecified atom stereocenters. The molecule has 2 saturated carbocycles. The van der Waals surface area contributed by atoms with Crippen LogP contribution in [0.25, 0.3) is 0 Å². The summed E-state index contributed by atoms with van der Waals surface area (Å²) in [5.41, 5.74) is 5.08. The summed E-state index contributed by atoms with van der Waals surface area (Å²) in [5, 5.41) is 0. The maximum absolute atomic E-state index is 3.79. The van der Waals surface area contributed by atoms with E-state index in [1.54, 1.807) is 0 Å². The van der Waals surface area contributed by atoms with E-state index in [1.165, 1.54) is 56.1 Å². The Balaban J connectivity index is 1.35. The molecule has 2 aromatic rings. The van der Waals surface area contributed by atoms with Crippen LogP contribution in [0.5, 0.6) is 0 Å². The maximum atomic E-state index is 3.79. The zero-order valence-electron chi connectivity index (χ0n) is 18.6. The average Bonchev–Trinajstić information content (AvgIpc) is 2.81. The molecule has 0 aromatic heterocycles. The van der Waals surface area contributed by atoms with Crippen molar-refractivity contribution in [3.63, 3.8) is 0 Å². The van der Waals surface area contributed by atoms with Crippen molar-refractivity contribution < 1.29 is 0 Å². The monoisotopic (exact) mass is 396 g/mol. The first-order chi connectivity index (χ1) is 14.7. The lowest BCUT2D eigenvalue weighted by Gasteiger charge is -2.42. The van der Waals surface area contributed by atoms with Crippen LogP contribution in [-0.4, -0.2) is 0 Å². The van der Waals surface area contributed by atoms with Crippen LogP contribution in [0, 0.1) is 29.6 Å². The molecule has 0 bridgehead atoms. The molecule has 0 N–H and O–H groups in total. The number of fused-ring (bicyclic) bond motifs is 1. The Hall–Kier alpha value is -2.26. The van der Waals surface area contributed by atoms with E-state index in [1.807, 2.05) is 6.08 Å². The predicted molar refractivity (Wildman–Crippen MR) is 129 cm³/mol. The molecule has 156 valence electrons. The Morgan fingerprint density at radius 3 is 2.13 bits per heavy atom. The quantitative estimate of drug-likeness (QED) is 0.356. The molecule has 0 heterocycles. The van der Waals surface area contributed by atoms with E-state index in [0.717, 1.165) is 47.6 Å². The van der Waals surface area contributed by atoms with Crippen molar-refractivity contribution in [1.29, 1.82) is 0 Å². The summed E-state index contributed by atoms with van der Waals surface area (Å²) >= 11 is 0. The van der Waals surface area contributed by atoms with Crippen molar-refractivity contribution in [2.75, 3.05) is 0 Å². The van der Waals surface area contributed by atoms with E-state index in [9.17, 15) is 0 Å². The van der Waals surface area contributed by atoms with E-state index >= 15 is 0 Å². The number of hydrogen-bond acceptors (Lipinski definition) is 0. The van der Waals surface area contributed by atoms with Crippen LogP contribution in [-0.2, 0) is 6.42 Å². The van der Waals surface area contributed by atoms with E-state index in [2.05, 4.69) is 73.9 Å². The third-order valence-corrected chi connectivity index (χ3v) is 7.62. The fraction of sp³-hybridized carbons (Fsp3) is 0.467. The van der Waals surface area contributed by atoms with Gasteiger partial charge in [0.2, 0.25) is 0 Å². The van der Waals surface area contributed by atoms with E-state index in [-0.39, 0.29) is 0 Å². The first-order valence-electron chi connectivity index (χ1n) is 12.1. The summed E-state index contributed by atoms with van der Waals surface area (Å²) in [7, 11) is 0. The number of aryl methyl sites for hydroxylation is 1. The third kappa shape index (κ3) is 5.26. The molecular weight excluding hydrogens is 360 g/mol. The van der Waals surface area contributed by atoms with Crippen LogP contribution in [0.4, 0.5) is 0 Å². The minimum atomic E-state index is 0.759. The van der Waals surface area contributed by atoms with Gasteiger partial charge in [0.1, 0.15) is 0 Å². The van der Waals surface area contributed by atoms with E-state index in [4.69, 9.17) is 0 Å². The molecule has 4 rings (SSSR count). The van der Waals surface area contributed by atoms with Gasteiger partial charge in [-0.3, -0.25) is 0 Å². The molecule has 2 fully saturated rings. The molecule has 0 radical (unpaired) electrons. The minimum absolute atomic E-state index is 0.759. The molecular formula is C30H36. The molecule has 2 aliphatic rings. The molecule has 0 nitrogen and oxygen atoms in total. The van der Waals surface area contributed by atoms with Gasteiger partial charge in [-0.25, -0.2) is 0 Å². The second kappa shape index (κ2) is 10.2. The Morgan fingerprint density at radius 2 is 1.47 bits per heavy atom. The SMILES string of the molecule is C=CCCc1ccc(C#Cc2ccc(C3CCC4CC(CC)CCC4C3)cc2)cc1. The smallest absolute Gasteiger partial charge is 0.0249 e. The Bertz CT molecular complexity index is 874. The average molecular weight is 397 g/mol. The number of allylic oxidation sites excluding steroid dienone is 1. The van der Waals surface area contributed by atoms with Crippen molar-refractivity contribution in [2.45, 2.75) is 70.6 Å². The highest BCUT2D eigenvalue weighted by Gasteiger charge is 2.35. The predicted octanol–water partition coefficient (Wildman–Crippen LogP) is 7.92. The van der Waals surface area contributed by atoms with Crippen molar-refractivity contribution >= 4 is 0 Å². The highest BCUT2D eigenvalue weighted by Crippen LogP contribution is 2.48. The number of rotatable bonds is 5. The molecule has 4 atom stereocenters. The van der Waals surface area contributed by atoms with Crippen molar-refractivity contribution in [2.24, 2.45) is 17.8 Å². The molecule has 0 saturated heterocycles. The second-order valence-electron chi connectivity index (χ2n) is 9.51. The zero-order chi connectivity index (χ0) is 20.8. The summed E-state index contributed by atoms with van der Waals surface area (Å²) in [4.78, 5) is 0. The maximum Gasteiger partial charge on any atom is 0.0249 e. The fourth-order valence-electron chi connectivity index (χ4n) is 5.67. The van der Waals surface area contributed by atoms with Gasteiger partial charge in [0.05, 0.1) is 0 Å². The normalized spacial score (nSPS) is 25.6. The fourth-order valence-corrected chi connectivity index (χ4v) is 5.67. The Labute approximate surface area is 183 Å². The summed E-state index contributed by atoms with van der Waals surface area (Å²) < 4.78 is 0. The lowest BCUT2D eigenvalue weighted by molar-refractivity contribution is 0.116.